The van der Waals surface area contributed by atoms with Gasteiger partial charge in [-0.3, -0.25) is 9.59 Å². The molecule has 0 bridgehead atoms. The summed E-state index contributed by atoms with van der Waals surface area (Å²) in [5.41, 5.74) is 1.86. The van der Waals surface area contributed by atoms with Gasteiger partial charge in [0.2, 0.25) is 5.91 Å². The minimum absolute atomic E-state index is 0.0270. The van der Waals surface area contributed by atoms with E-state index in [0.29, 0.717) is 49.5 Å². The van der Waals surface area contributed by atoms with Crippen LogP contribution in [0.15, 0.2) is 48.5 Å². The van der Waals surface area contributed by atoms with Crippen molar-refractivity contribution in [2.45, 2.75) is 19.8 Å². The molecule has 0 atom stereocenters. The normalized spacial score (nSPS) is 14.1. The van der Waals surface area contributed by atoms with Gasteiger partial charge in [-0.1, -0.05) is 19.1 Å². The maximum atomic E-state index is 13.9. The number of nitrogens with one attached hydrogen (secondary N) is 1. The van der Waals surface area contributed by atoms with E-state index in [0.717, 1.165) is 6.42 Å². The van der Waals surface area contributed by atoms with Crippen LogP contribution in [-0.4, -0.2) is 42.9 Å². The number of hydrogen-bond acceptors (Lipinski definition) is 3. The topological polar surface area (TPSA) is 52.7 Å². The molecule has 1 aliphatic heterocycles. The molecular weight excluding hydrogens is 345 g/mol. The molecule has 1 saturated heterocycles. The predicted molar refractivity (Wildman–Crippen MR) is 104 cm³/mol. The molecule has 0 unspecified atom stereocenters. The zero-order valence-electron chi connectivity index (χ0n) is 15.5. The van der Waals surface area contributed by atoms with Crippen molar-refractivity contribution in [3.8, 4) is 0 Å². The molecule has 27 heavy (non-hydrogen) atoms. The molecule has 2 aromatic carbocycles. The minimum atomic E-state index is -0.238. The SMILES string of the molecule is CCCC(=O)Nc1ccc(C(=O)N2CCN(c3ccccc3F)CC2)cc1. The van der Waals surface area contributed by atoms with Crippen molar-refractivity contribution in [2.24, 2.45) is 0 Å². The van der Waals surface area contributed by atoms with Gasteiger partial charge in [-0.2, -0.15) is 0 Å². The Morgan fingerprint density at radius 3 is 2.30 bits per heavy atom. The molecule has 0 saturated carbocycles. The third-order valence-electron chi connectivity index (χ3n) is 4.65. The van der Waals surface area contributed by atoms with Crippen molar-refractivity contribution in [3.63, 3.8) is 0 Å². The minimum Gasteiger partial charge on any atom is -0.366 e. The molecule has 0 spiro atoms. The number of amides is 2. The lowest BCUT2D eigenvalue weighted by Crippen LogP contribution is -2.49. The van der Waals surface area contributed by atoms with Crippen LogP contribution in [0.25, 0.3) is 0 Å². The Balaban J connectivity index is 1.57. The summed E-state index contributed by atoms with van der Waals surface area (Å²) < 4.78 is 13.9. The second kappa shape index (κ2) is 8.66. The van der Waals surface area contributed by atoms with Gasteiger partial charge in [0.25, 0.3) is 5.91 Å². The summed E-state index contributed by atoms with van der Waals surface area (Å²) in [6.07, 6.45) is 1.27. The van der Waals surface area contributed by atoms with Gasteiger partial charge >= 0.3 is 0 Å². The number of rotatable bonds is 5. The van der Waals surface area contributed by atoms with Gasteiger partial charge in [0.05, 0.1) is 5.69 Å². The van der Waals surface area contributed by atoms with Crippen LogP contribution in [0, 0.1) is 5.82 Å². The Labute approximate surface area is 158 Å². The van der Waals surface area contributed by atoms with Crippen LogP contribution in [0.4, 0.5) is 15.8 Å². The fraction of sp³-hybridized carbons (Fsp3) is 0.333. The summed E-state index contributed by atoms with van der Waals surface area (Å²) in [7, 11) is 0. The van der Waals surface area contributed by atoms with Gasteiger partial charge < -0.3 is 15.1 Å². The number of halogens is 1. The van der Waals surface area contributed by atoms with Gasteiger partial charge in [-0.15, -0.1) is 0 Å². The first-order valence-electron chi connectivity index (χ1n) is 9.27. The van der Waals surface area contributed by atoms with Crippen molar-refractivity contribution >= 4 is 23.2 Å². The van der Waals surface area contributed by atoms with E-state index in [1.165, 1.54) is 6.07 Å². The number of benzene rings is 2. The summed E-state index contributed by atoms with van der Waals surface area (Å²) in [6, 6.07) is 13.7. The Bertz CT molecular complexity index is 799. The number of anilines is 2. The van der Waals surface area contributed by atoms with E-state index in [9.17, 15) is 14.0 Å². The monoisotopic (exact) mass is 369 g/mol. The molecule has 1 heterocycles. The van der Waals surface area contributed by atoms with E-state index < -0.39 is 0 Å². The molecule has 0 radical (unpaired) electrons. The maximum Gasteiger partial charge on any atom is 0.253 e. The van der Waals surface area contributed by atoms with Crippen molar-refractivity contribution in [2.75, 3.05) is 36.4 Å². The van der Waals surface area contributed by atoms with Crippen LogP contribution >= 0.6 is 0 Å². The van der Waals surface area contributed by atoms with Crippen LogP contribution in [-0.2, 0) is 4.79 Å². The Kier molecular flexibility index (Phi) is 6.06. The largest absolute Gasteiger partial charge is 0.366 e. The van der Waals surface area contributed by atoms with E-state index in [-0.39, 0.29) is 17.6 Å². The highest BCUT2D eigenvalue weighted by Crippen LogP contribution is 2.21. The van der Waals surface area contributed by atoms with Crippen molar-refractivity contribution in [1.82, 2.24) is 4.90 Å². The zero-order chi connectivity index (χ0) is 19.2. The highest BCUT2D eigenvalue weighted by atomic mass is 19.1. The second-order valence-corrected chi connectivity index (χ2v) is 6.61. The molecular formula is C21H24FN3O2. The summed E-state index contributed by atoms with van der Waals surface area (Å²) in [5.74, 6) is -0.312. The van der Waals surface area contributed by atoms with E-state index >= 15 is 0 Å². The molecule has 142 valence electrons. The third kappa shape index (κ3) is 4.64. The molecule has 3 rings (SSSR count). The zero-order valence-corrected chi connectivity index (χ0v) is 15.5. The number of nitrogens with zero attached hydrogens (tertiary/aromatic N) is 2. The summed E-state index contributed by atoms with van der Waals surface area (Å²) in [6.45, 7) is 4.23. The molecule has 0 aliphatic carbocycles. The average Bonchev–Trinajstić information content (AvgIpc) is 2.69. The van der Waals surface area contributed by atoms with Crippen LogP contribution in [0.3, 0.4) is 0 Å². The van der Waals surface area contributed by atoms with E-state index in [2.05, 4.69) is 5.32 Å². The molecule has 1 N–H and O–H groups in total. The van der Waals surface area contributed by atoms with Crippen molar-refractivity contribution in [1.29, 1.82) is 0 Å². The van der Waals surface area contributed by atoms with Gasteiger partial charge in [0.1, 0.15) is 5.82 Å². The van der Waals surface area contributed by atoms with Crippen molar-refractivity contribution in [3.05, 3.63) is 59.9 Å². The molecule has 6 heteroatoms. The van der Waals surface area contributed by atoms with Gasteiger partial charge in [-0.25, -0.2) is 4.39 Å². The number of piperazine rings is 1. The smallest absolute Gasteiger partial charge is 0.253 e. The second-order valence-electron chi connectivity index (χ2n) is 6.61. The lowest BCUT2D eigenvalue weighted by molar-refractivity contribution is -0.116. The number of carbonyl (C=O) groups excluding carboxylic acids is 2. The van der Waals surface area contributed by atoms with E-state index in [1.54, 1.807) is 41.3 Å². The molecule has 0 aromatic heterocycles. The number of para-hydroxylation sites is 1. The van der Waals surface area contributed by atoms with E-state index in [4.69, 9.17) is 0 Å². The third-order valence-corrected chi connectivity index (χ3v) is 4.65. The Morgan fingerprint density at radius 1 is 1.00 bits per heavy atom. The molecule has 2 amide bonds. The molecule has 2 aromatic rings. The number of carbonyl (C=O) groups is 2. The lowest BCUT2D eigenvalue weighted by Gasteiger charge is -2.36. The predicted octanol–water partition coefficient (Wildman–Crippen LogP) is 3.53. The van der Waals surface area contributed by atoms with Crippen LogP contribution in [0.1, 0.15) is 30.1 Å². The fourth-order valence-corrected chi connectivity index (χ4v) is 3.19. The summed E-state index contributed by atoms with van der Waals surface area (Å²) in [4.78, 5) is 28.1. The van der Waals surface area contributed by atoms with Crippen LogP contribution in [0.5, 0.6) is 0 Å². The standard InChI is InChI=1S/C21H24FN3O2/c1-2-5-20(26)23-17-10-8-16(9-11-17)21(27)25-14-12-24(13-15-25)19-7-4-3-6-18(19)22/h3-4,6-11H,2,5,12-15H2,1H3,(H,23,26). The fourth-order valence-electron chi connectivity index (χ4n) is 3.19. The van der Waals surface area contributed by atoms with Gasteiger partial charge in [0.15, 0.2) is 0 Å². The summed E-state index contributed by atoms with van der Waals surface area (Å²) in [5, 5.41) is 2.81. The average molecular weight is 369 g/mol. The molecule has 5 nitrogen and oxygen atoms in total. The van der Waals surface area contributed by atoms with Crippen LogP contribution < -0.4 is 10.2 Å². The van der Waals surface area contributed by atoms with E-state index in [1.807, 2.05) is 17.9 Å². The van der Waals surface area contributed by atoms with Crippen LogP contribution in [0.2, 0.25) is 0 Å². The summed E-state index contributed by atoms with van der Waals surface area (Å²) >= 11 is 0. The lowest BCUT2D eigenvalue weighted by atomic mass is 10.1. The first-order valence-corrected chi connectivity index (χ1v) is 9.27. The maximum absolute atomic E-state index is 13.9. The van der Waals surface area contributed by atoms with Crippen molar-refractivity contribution < 1.29 is 14.0 Å². The highest BCUT2D eigenvalue weighted by Gasteiger charge is 2.23. The first kappa shape index (κ1) is 18.9. The Hall–Kier alpha value is -2.89. The van der Waals surface area contributed by atoms with Gasteiger partial charge in [0, 0.05) is 43.9 Å². The highest BCUT2D eigenvalue weighted by molar-refractivity contribution is 5.96. The van der Waals surface area contributed by atoms with Gasteiger partial charge in [-0.05, 0) is 42.8 Å². The molecule has 1 fully saturated rings. The first-order chi connectivity index (χ1) is 13.1. The number of hydrogen-bond donors (Lipinski definition) is 1. The Morgan fingerprint density at radius 2 is 1.67 bits per heavy atom. The molecule has 1 aliphatic rings. The quantitative estimate of drug-likeness (QED) is 0.877.